The Hall–Kier alpha value is -1.41. The van der Waals surface area contributed by atoms with Crippen LogP contribution >= 0.6 is 0 Å². The summed E-state index contributed by atoms with van der Waals surface area (Å²) in [5, 5.41) is 9.68. The molecule has 1 aliphatic rings. The maximum Gasteiger partial charge on any atom is 0.435 e. The molecule has 1 saturated heterocycles. The van der Waals surface area contributed by atoms with E-state index in [0.717, 1.165) is 18.7 Å². The number of ether oxygens (including phenoxy) is 2. The van der Waals surface area contributed by atoms with E-state index in [1.54, 1.807) is 0 Å². The molecule has 1 aliphatic heterocycles. The molecule has 0 saturated carbocycles. The van der Waals surface area contributed by atoms with Crippen LogP contribution in [0.15, 0.2) is 12.1 Å². The van der Waals surface area contributed by atoms with E-state index in [0.29, 0.717) is 6.54 Å². The molecule has 1 atom stereocenters. The van der Waals surface area contributed by atoms with Crippen molar-refractivity contribution in [3.63, 3.8) is 0 Å². The highest BCUT2D eigenvalue weighted by molar-refractivity contribution is 5.13. The molecule has 5 nitrogen and oxygen atoms in total. The average Bonchev–Trinajstić information content (AvgIpc) is 2.35. The zero-order chi connectivity index (χ0) is 14.8. The molecule has 0 aromatic carbocycles. The van der Waals surface area contributed by atoms with Gasteiger partial charge in [0.1, 0.15) is 12.7 Å². The monoisotopic (exact) mass is 291 g/mol. The van der Waals surface area contributed by atoms with Gasteiger partial charge in [-0.3, -0.25) is 0 Å². The minimum absolute atomic E-state index is 0.0463. The molecule has 20 heavy (non-hydrogen) atoms. The number of halogens is 3. The van der Waals surface area contributed by atoms with Crippen LogP contribution in [-0.2, 0) is 10.9 Å². The maximum absolute atomic E-state index is 12.3. The quantitative estimate of drug-likeness (QED) is 0.917. The number of hydrogen-bond acceptors (Lipinski definition) is 5. The topological polar surface area (TPSA) is 56.3 Å². The molecule has 1 unspecified atom stereocenters. The molecule has 0 radical (unpaired) electrons. The minimum Gasteiger partial charge on any atom is -0.474 e. The molecule has 1 N–H and O–H groups in total. The zero-order valence-corrected chi connectivity index (χ0v) is 11.2. The largest absolute Gasteiger partial charge is 0.474 e. The Labute approximate surface area is 114 Å². The van der Waals surface area contributed by atoms with Crippen molar-refractivity contribution in [3.05, 3.63) is 17.8 Å². The normalized spacial score (nSPS) is 22.6. The molecule has 1 aromatic rings. The molecule has 2 heterocycles. The van der Waals surface area contributed by atoms with Crippen LogP contribution < -0.4 is 10.1 Å². The Morgan fingerprint density at radius 2 is 2.15 bits per heavy atom. The highest BCUT2D eigenvalue weighted by atomic mass is 19.4. The summed E-state index contributed by atoms with van der Waals surface area (Å²) < 4.78 is 48.0. The second-order valence-electron chi connectivity index (χ2n) is 5.20. The number of nitrogens with one attached hydrogen (secondary N) is 1. The smallest absolute Gasteiger partial charge is 0.435 e. The van der Waals surface area contributed by atoms with E-state index in [1.807, 2.05) is 13.8 Å². The van der Waals surface area contributed by atoms with Gasteiger partial charge in [-0.1, -0.05) is 0 Å². The van der Waals surface area contributed by atoms with Gasteiger partial charge in [-0.05, 0) is 19.9 Å². The van der Waals surface area contributed by atoms with E-state index in [-0.39, 0.29) is 24.2 Å². The highest BCUT2D eigenvalue weighted by Gasteiger charge is 2.33. The van der Waals surface area contributed by atoms with Crippen LogP contribution in [0.3, 0.4) is 0 Å². The highest BCUT2D eigenvalue weighted by Crippen LogP contribution is 2.27. The van der Waals surface area contributed by atoms with Gasteiger partial charge < -0.3 is 14.8 Å². The first kappa shape index (κ1) is 15.0. The van der Waals surface area contributed by atoms with Crippen LogP contribution in [-0.4, -0.2) is 41.6 Å². The van der Waals surface area contributed by atoms with E-state index >= 15 is 0 Å². The molecule has 1 fully saturated rings. The lowest BCUT2D eigenvalue weighted by molar-refractivity contribution is -0.141. The molecule has 2 rings (SSSR count). The predicted octanol–water partition coefficient (Wildman–Crippen LogP) is 1.64. The van der Waals surface area contributed by atoms with Gasteiger partial charge in [-0.15, -0.1) is 10.2 Å². The van der Waals surface area contributed by atoms with Crippen molar-refractivity contribution in [2.45, 2.75) is 31.7 Å². The van der Waals surface area contributed by atoms with Crippen molar-refractivity contribution in [3.8, 4) is 5.88 Å². The van der Waals surface area contributed by atoms with Crippen LogP contribution in [0.2, 0.25) is 0 Å². The first-order chi connectivity index (χ1) is 9.26. The second-order valence-corrected chi connectivity index (χ2v) is 5.20. The zero-order valence-electron chi connectivity index (χ0n) is 11.2. The summed E-state index contributed by atoms with van der Waals surface area (Å²) in [6, 6.07) is 1.99. The lowest BCUT2D eigenvalue weighted by Gasteiger charge is -2.36. The second kappa shape index (κ2) is 5.53. The van der Waals surface area contributed by atoms with Crippen LogP contribution in [0.25, 0.3) is 0 Å². The van der Waals surface area contributed by atoms with Crippen LogP contribution in [0.4, 0.5) is 13.2 Å². The summed E-state index contributed by atoms with van der Waals surface area (Å²) in [5.41, 5.74) is -1.33. The van der Waals surface area contributed by atoms with Gasteiger partial charge in [0, 0.05) is 19.2 Å². The SMILES string of the molecule is CC1(C)CNCC(COc2ccc(C(F)(F)F)nn2)O1. The third-order valence-electron chi connectivity index (χ3n) is 2.76. The fourth-order valence-electron chi connectivity index (χ4n) is 1.89. The summed E-state index contributed by atoms with van der Waals surface area (Å²) in [4.78, 5) is 0. The fraction of sp³-hybridized carbons (Fsp3) is 0.667. The Balaban J connectivity index is 1.88. The lowest BCUT2D eigenvalue weighted by atomic mass is 10.1. The Morgan fingerprint density at radius 3 is 2.70 bits per heavy atom. The number of hydrogen-bond donors (Lipinski definition) is 1. The van der Waals surface area contributed by atoms with E-state index < -0.39 is 11.9 Å². The van der Waals surface area contributed by atoms with Crippen molar-refractivity contribution >= 4 is 0 Å². The van der Waals surface area contributed by atoms with Gasteiger partial charge in [0.2, 0.25) is 5.88 Å². The third kappa shape index (κ3) is 4.04. The Kier molecular flexibility index (Phi) is 4.14. The number of aromatic nitrogens is 2. The molecule has 1 aromatic heterocycles. The van der Waals surface area contributed by atoms with Crippen molar-refractivity contribution in [2.24, 2.45) is 0 Å². The van der Waals surface area contributed by atoms with Crippen LogP contribution in [0, 0.1) is 0 Å². The van der Waals surface area contributed by atoms with E-state index in [1.165, 1.54) is 0 Å². The molecule has 0 amide bonds. The molecule has 112 valence electrons. The molecule has 8 heteroatoms. The van der Waals surface area contributed by atoms with Crippen molar-refractivity contribution < 1.29 is 22.6 Å². The van der Waals surface area contributed by atoms with Gasteiger partial charge in [-0.25, -0.2) is 0 Å². The van der Waals surface area contributed by atoms with Crippen LogP contribution in [0.5, 0.6) is 5.88 Å². The minimum atomic E-state index is -4.49. The van der Waals surface area contributed by atoms with E-state index in [4.69, 9.17) is 9.47 Å². The number of alkyl halides is 3. The van der Waals surface area contributed by atoms with E-state index in [2.05, 4.69) is 15.5 Å². The van der Waals surface area contributed by atoms with Crippen molar-refractivity contribution in [1.82, 2.24) is 15.5 Å². The predicted molar refractivity (Wildman–Crippen MR) is 64.4 cm³/mol. The number of rotatable bonds is 3. The van der Waals surface area contributed by atoms with Gasteiger partial charge in [0.15, 0.2) is 5.69 Å². The standard InChI is InChI=1S/C12H16F3N3O2/c1-11(2)7-16-5-8(20-11)6-19-10-4-3-9(17-18-10)12(13,14)15/h3-4,8,16H,5-7H2,1-2H3. The van der Waals surface area contributed by atoms with Crippen molar-refractivity contribution in [1.29, 1.82) is 0 Å². The molecule has 0 spiro atoms. The first-order valence-electron chi connectivity index (χ1n) is 6.18. The Bertz CT molecular complexity index is 448. The van der Waals surface area contributed by atoms with Gasteiger partial charge in [-0.2, -0.15) is 13.2 Å². The molecular weight excluding hydrogens is 275 g/mol. The summed E-state index contributed by atoms with van der Waals surface area (Å²) in [6.45, 7) is 5.46. The van der Waals surface area contributed by atoms with Gasteiger partial charge in [0.05, 0.1) is 5.60 Å². The van der Waals surface area contributed by atoms with Gasteiger partial charge in [0.25, 0.3) is 0 Å². The number of nitrogens with zero attached hydrogens (tertiary/aromatic N) is 2. The summed E-state index contributed by atoms with van der Waals surface area (Å²) >= 11 is 0. The summed E-state index contributed by atoms with van der Waals surface area (Å²) in [7, 11) is 0. The van der Waals surface area contributed by atoms with Crippen LogP contribution in [0.1, 0.15) is 19.5 Å². The summed E-state index contributed by atoms with van der Waals surface area (Å²) in [6.07, 6.45) is -4.67. The first-order valence-corrected chi connectivity index (χ1v) is 6.18. The van der Waals surface area contributed by atoms with Gasteiger partial charge >= 0.3 is 6.18 Å². The Morgan fingerprint density at radius 1 is 1.40 bits per heavy atom. The average molecular weight is 291 g/mol. The third-order valence-corrected chi connectivity index (χ3v) is 2.76. The fourth-order valence-corrected chi connectivity index (χ4v) is 1.89. The molecule has 0 bridgehead atoms. The van der Waals surface area contributed by atoms with Crippen molar-refractivity contribution in [2.75, 3.05) is 19.7 Å². The molecule has 0 aliphatic carbocycles. The lowest BCUT2D eigenvalue weighted by Crippen LogP contribution is -2.52. The number of morpholine rings is 1. The maximum atomic E-state index is 12.3. The van der Waals surface area contributed by atoms with E-state index in [9.17, 15) is 13.2 Å². The summed E-state index contributed by atoms with van der Waals surface area (Å²) in [5.74, 6) is 0.0463. The molecular formula is C12H16F3N3O2.